The first-order chi connectivity index (χ1) is 18.2. The second-order valence-electron chi connectivity index (χ2n) is 7.92. The van der Waals surface area contributed by atoms with Gasteiger partial charge in [-0.15, -0.1) is 10.2 Å². The van der Waals surface area contributed by atoms with Crippen molar-refractivity contribution < 1.29 is 4.79 Å². The highest BCUT2D eigenvalue weighted by Crippen LogP contribution is 2.28. The number of pyridine rings is 1. The van der Waals surface area contributed by atoms with Gasteiger partial charge in [-0.2, -0.15) is 5.10 Å². The van der Waals surface area contributed by atoms with Crippen LogP contribution in [0.15, 0.2) is 118 Å². The highest BCUT2D eigenvalue weighted by atomic mass is 79.9. The van der Waals surface area contributed by atoms with Crippen molar-refractivity contribution in [2.75, 3.05) is 5.75 Å². The molecule has 5 aromatic rings. The molecule has 7 nitrogen and oxygen atoms in total. The van der Waals surface area contributed by atoms with Gasteiger partial charge in [-0.25, -0.2) is 5.43 Å². The first-order valence-electron chi connectivity index (χ1n) is 11.4. The zero-order chi connectivity index (χ0) is 25.5. The van der Waals surface area contributed by atoms with Crippen molar-refractivity contribution in [2.45, 2.75) is 5.16 Å². The van der Waals surface area contributed by atoms with E-state index in [1.165, 1.54) is 11.8 Å². The Morgan fingerprint density at radius 1 is 0.865 bits per heavy atom. The van der Waals surface area contributed by atoms with E-state index >= 15 is 0 Å². The number of hydrogen-bond acceptors (Lipinski definition) is 6. The summed E-state index contributed by atoms with van der Waals surface area (Å²) >= 11 is 4.77. The Morgan fingerprint density at radius 3 is 2.30 bits per heavy atom. The van der Waals surface area contributed by atoms with Crippen LogP contribution in [0.4, 0.5) is 0 Å². The van der Waals surface area contributed by atoms with Gasteiger partial charge in [0.2, 0.25) is 0 Å². The summed E-state index contributed by atoms with van der Waals surface area (Å²) in [4.78, 5) is 16.6. The molecule has 0 fully saturated rings. The molecule has 182 valence electrons. The molecular formula is C28H21BrN6OS. The summed E-state index contributed by atoms with van der Waals surface area (Å²) < 4.78 is 2.90. The predicted octanol–water partition coefficient (Wildman–Crippen LogP) is 6.00. The lowest BCUT2D eigenvalue weighted by atomic mass is 10.0. The Morgan fingerprint density at radius 2 is 1.57 bits per heavy atom. The van der Waals surface area contributed by atoms with E-state index < -0.39 is 0 Å². The zero-order valence-corrected chi connectivity index (χ0v) is 21.9. The summed E-state index contributed by atoms with van der Waals surface area (Å²) in [6, 6.07) is 29.7. The van der Waals surface area contributed by atoms with Crippen LogP contribution in [0.25, 0.3) is 28.2 Å². The van der Waals surface area contributed by atoms with E-state index in [-0.39, 0.29) is 11.7 Å². The van der Waals surface area contributed by atoms with E-state index in [9.17, 15) is 4.79 Å². The van der Waals surface area contributed by atoms with Gasteiger partial charge >= 0.3 is 0 Å². The van der Waals surface area contributed by atoms with Gasteiger partial charge in [-0.05, 0) is 53.1 Å². The smallest absolute Gasteiger partial charge is 0.250 e. The molecule has 3 aromatic carbocycles. The zero-order valence-electron chi connectivity index (χ0n) is 19.5. The fourth-order valence-electron chi connectivity index (χ4n) is 3.61. The van der Waals surface area contributed by atoms with E-state index in [4.69, 9.17) is 0 Å². The van der Waals surface area contributed by atoms with Gasteiger partial charge in [0.05, 0.1) is 12.0 Å². The number of hydrogen-bond donors (Lipinski definition) is 1. The molecule has 0 spiro atoms. The van der Waals surface area contributed by atoms with Crippen LogP contribution in [-0.4, -0.2) is 37.6 Å². The molecule has 0 atom stereocenters. The molecular weight excluding hydrogens is 548 g/mol. The lowest BCUT2D eigenvalue weighted by molar-refractivity contribution is -0.118. The molecule has 1 amide bonds. The average molecular weight is 569 g/mol. The fraction of sp³-hybridized carbons (Fsp3) is 0.0357. The lowest BCUT2D eigenvalue weighted by Gasteiger charge is -2.10. The maximum Gasteiger partial charge on any atom is 0.250 e. The number of hydrazone groups is 1. The van der Waals surface area contributed by atoms with E-state index in [0.717, 1.165) is 32.4 Å². The quantitative estimate of drug-likeness (QED) is 0.141. The highest BCUT2D eigenvalue weighted by molar-refractivity contribution is 9.10. The number of nitrogens with one attached hydrogen (secondary N) is 1. The Kier molecular flexibility index (Phi) is 7.83. The Hall–Kier alpha value is -4.08. The van der Waals surface area contributed by atoms with Gasteiger partial charge in [0.15, 0.2) is 11.0 Å². The minimum atomic E-state index is -0.238. The van der Waals surface area contributed by atoms with Gasteiger partial charge in [0.25, 0.3) is 5.91 Å². The standard InChI is InChI=1S/C28H21BrN6OS/c29-24-10-12-25(13-11-24)35-27(23-14-16-30-17-15-23)33-34-28(35)37-19-26(36)32-31-18-20-6-8-22(9-7-20)21-4-2-1-3-5-21/h1-18H,19H2,(H,32,36). The number of carbonyl (C=O) groups is 1. The average Bonchev–Trinajstić information content (AvgIpc) is 3.38. The number of benzene rings is 3. The van der Waals surface area contributed by atoms with Crippen molar-refractivity contribution in [3.8, 4) is 28.2 Å². The van der Waals surface area contributed by atoms with Gasteiger partial charge in [0.1, 0.15) is 0 Å². The Labute approximate surface area is 226 Å². The molecule has 0 bridgehead atoms. The second kappa shape index (κ2) is 11.8. The van der Waals surface area contributed by atoms with Crippen molar-refractivity contribution in [1.29, 1.82) is 0 Å². The SMILES string of the molecule is O=C(CSc1nnc(-c2ccncc2)n1-c1ccc(Br)cc1)NN=Cc1ccc(-c2ccccc2)cc1. The van der Waals surface area contributed by atoms with Crippen LogP contribution >= 0.6 is 27.7 Å². The van der Waals surface area contributed by atoms with Gasteiger partial charge < -0.3 is 0 Å². The minimum absolute atomic E-state index is 0.134. The van der Waals surface area contributed by atoms with Crippen molar-refractivity contribution in [1.82, 2.24) is 25.2 Å². The highest BCUT2D eigenvalue weighted by Gasteiger charge is 2.17. The first-order valence-corrected chi connectivity index (χ1v) is 13.2. The maximum absolute atomic E-state index is 12.5. The predicted molar refractivity (Wildman–Crippen MR) is 151 cm³/mol. The molecule has 37 heavy (non-hydrogen) atoms. The molecule has 0 aliphatic rings. The molecule has 2 heterocycles. The van der Waals surface area contributed by atoms with Crippen LogP contribution in [0, 0.1) is 0 Å². The number of nitrogens with zero attached hydrogens (tertiary/aromatic N) is 5. The summed E-state index contributed by atoms with van der Waals surface area (Å²) in [5, 5.41) is 13.4. The number of halogens is 1. The molecule has 5 rings (SSSR count). The van der Waals surface area contributed by atoms with Crippen molar-refractivity contribution in [3.63, 3.8) is 0 Å². The van der Waals surface area contributed by atoms with Gasteiger partial charge in [-0.1, -0.05) is 82.3 Å². The molecule has 2 aromatic heterocycles. The molecule has 1 N–H and O–H groups in total. The summed E-state index contributed by atoms with van der Waals surface area (Å²) in [6.07, 6.45) is 5.05. The van der Waals surface area contributed by atoms with Crippen LogP contribution < -0.4 is 5.43 Å². The molecule has 0 saturated heterocycles. The first kappa shape index (κ1) is 24.6. The number of aromatic nitrogens is 4. The van der Waals surface area contributed by atoms with Crippen LogP contribution in [0.5, 0.6) is 0 Å². The van der Waals surface area contributed by atoms with Crippen LogP contribution in [-0.2, 0) is 4.79 Å². The third-order valence-electron chi connectivity index (χ3n) is 5.41. The Bertz CT molecular complexity index is 1500. The van der Waals surface area contributed by atoms with E-state index in [1.807, 2.05) is 83.4 Å². The van der Waals surface area contributed by atoms with E-state index in [0.29, 0.717) is 11.0 Å². The summed E-state index contributed by atoms with van der Waals surface area (Å²) in [5.74, 6) is 0.567. The minimum Gasteiger partial charge on any atom is -0.272 e. The summed E-state index contributed by atoms with van der Waals surface area (Å²) in [6.45, 7) is 0. The van der Waals surface area contributed by atoms with Gasteiger partial charge in [-0.3, -0.25) is 14.3 Å². The lowest BCUT2D eigenvalue weighted by Crippen LogP contribution is -2.20. The summed E-state index contributed by atoms with van der Waals surface area (Å²) in [7, 11) is 0. The largest absolute Gasteiger partial charge is 0.272 e. The molecule has 0 aliphatic carbocycles. The number of carbonyl (C=O) groups excluding carboxylic acids is 1. The number of thioether (sulfide) groups is 1. The number of amides is 1. The maximum atomic E-state index is 12.5. The topological polar surface area (TPSA) is 85.1 Å². The molecule has 0 unspecified atom stereocenters. The third-order valence-corrected chi connectivity index (χ3v) is 6.87. The molecule has 0 radical (unpaired) electrons. The van der Waals surface area contributed by atoms with Crippen molar-refractivity contribution in [3.05, 3.63) is 113 Å². The Balaban J connectivity index is 1.24. The molecule has 0 saturated carbocycles. The number of rotatable bonds is 8. The van der Waals surface area contributed by atoms with Crippen LogP contribution in [0.2, 0.25) is 0 Å². The fourth-order valence-corrected chi connectivity index (χ4v) is 4.62. The van der Waals surface area contributed by atoms with Crippen molar-refractivity contribution >= 4 is 39.8 Å². The normalized spacial score (nSPS) is 11.1. The van der Waals surface area contributed by atoms with Gasteiger partial charge in [0, 0.05) is 28.1 Å². The van der Waals surface area contributed by atoms with E-state index in [1.54, 1.807) is 18.6 Å². The van der Waals surface area contributed by atoms with E-state index in [2.05, 4.69) is 53.8 Å². The second-order valence-corrected chi connectivity index (χ2v) is 9.78. The molecule has 0 aliphatic heterocycles. The molecule has 9 heteroatoms. The van der Waals surface area contributed by atoms with Crippen LogP contribution in [0.3, 0.4) is 0 Å². The van der Waals surface area contributed by atoms with Crippen molar-refractivity contribution in [2.24, 2.45) is 5.10 Å². The van der Waals surface area contributed by atoms with Crippen LogP contribution in [0.1, 0.15) is 5.56 Å². The summed E-state index contributed by atoms with van der Waals surface area (Å²) in [5.41, 5.74) is 7.53. The monoisotopic (exact) mass is 568 g/mol. The third kappa shape index (κ3) is 6.19.